The number of nitrogens with zero attached hydrogens (tertiary/aromatic N) is 2. The Labute approximate surface area is 176 Å². The van der Waals surface area contributed by atoms with Gasteiger partial charge in [-0.1, -0.05) is 30.3 Å². The molecule has 2 aromatic carbocycles. The number of aryl methyl sites for hydroxylation is 1. The average molecular weight is 480 g/mol. The smallest absolute Gasteiger partial charge is 0.200 e. The number of pyridine rings is 2. The highest BCUT2D eigenvalue weighted by atomic mass is 127. The second-order valence-electron chi connectivity index (χ2n) is 6.60. The molecular weight excluding hydrogens is 463 g/mol. The number of halogens is 1. The maximum atomic E-state index is 13.2. The Balaban J connectivity index is 1.91. The zero-order valence-corrected chi connectivity index (χ0v) is 17.4. The predicted molar refractivity (Wildman–Crippen MR) is 119 cm³/mol. The molecular formula is C23H17IN2O2. The standard InChI is InChI=1S/C23H17IN2O2/c1-15-7-6-8-16(25-15)13-26-14-19(22(27)17-9-2-4-11-20(17)24)23(28)18-10-3-5-12-21(18)26/h2-12,14H,13H2,1H3. The maximum absolute atomic E-state index is 13.2. The van der Waals surface area contributed by atoms with Gasteiger partial charge in [-0.15, -0.1) is 0 Å². The molecule has 0 fully saturated rings. The molecule has 0 aliphatic carbocycles. The third kappa shape index (κ3) is 3.49. The van der Waals surface area contributed by atoms with E-state index in [2.05, 4.69) is 27.6 Å². The summed E-state index contributed by atoms with van der Waals surface area (Å²) in [6.45, 7) is 2.42. The highest BCUT2D eigenvalue weighted by Crippen LogP contribution is 2.18. The lowest BCUT2D eigenvalue weighted by Crippen LogP contribution is -2.21. The number of carbonyl (C=O) groups is 1. The molecule has 2 aromatic heterocycles. The summed E-state index contributed by atoms with van der Waals surface area (Å²) in [7, 11) is 0. The highest BCUT2D eigenvalue weighted by Gasteiger charge is 2.19. The van der Waals surface area contributed by atoms with Crippen LogP contribution in [0.4, 0.5) is 0 Å². The number of rotatable bonds is 4. The summed E-state index contributed by atoms with van der Waals surface area (Å²) in [5, 5.41) is 0.534. The predicted octanol–water partition coefficient (Wildman–Crippen LogP) is 4.59. The molecule has 0 saturated heterocycles. The lowest BCUT2D eigenvalue weighted by atomic mass is 10.0. The van der Waals surface area contributed by atoms with Crippen LogP contribution in [0.5, 0.6) is 0 Å². The lowest BCUT2D eigenvalue weighted by molar-refractivity contribution is 0.103. The van der Waals surface area contributed by atoms with Crippen molar-refractivity contribution in [2.24, 2.45) is 0 Å². The van der Waals surface area contributed by atoms with Gasteiger partial charge in [-0.05, 0) is 65.9 Å². The van der Waals surface area contributed by atoms with E-state index >= 15 is 0 Å². The minimum atomic E-state index is -0.258. The average Bonchev–Trinajstić information content (AvgIpc) is 2.70. The number of hydrogen-bond acceptors (Lipinski definition) is 3. The molecule has 0 aliphatic rings. The zero-order chi connectivity index (χ0) is 19.7. The van der Waals surface area contributed by atoms with Gasteiger partial charge in [0.1, 0.15) is 0 Å². The van der Waals surface area contributed by atoms with Gasteiger partial charge in [0.2, 0.25) is 5.43 Å². The zero-order valence-electron chi connectivity index (χ0n) is 15.2. The third-order valence-corrected chi connectivity index (χ3v) is 5.57. The summed E-state index contributed by atoms with van der Waals surface area (Å²) in [5.74, 6) is -0.258. The molecule has 0 atom stereocenters. The molecule has 0 unspecified atom stereocenters. The normalized spacial score (nSPS) is 10.9. The summed E-state index contributed by atoms with van der Waals surface area (Å²) in [6.07, 6.45) is 1.67. The molecule has 0 saturated carbocycles. The van der Waals surface area contributed by atoms with E-state index in [1.54, 1.807) is 18.3 Å². The van der Waals surface area contributed by atoms with E-state index in [1.165, 1.54) is 0 Å². The van der Waals surface area contributed by atoms with E-state index in [4.69, 9.17) is 0 Å². The van der Waals surface area contributed by atoms with Gasteiger partial charge in [0, 0.05) is 26.4 Å². The van der Waals surface area contributed by atoms with Crippen molar-refractivity contribution in [3.63, 3.8) is 0 Å². The van der Waals surface area contributed by atoms with Crippen molar-refractivity contribution in [3.8, 4) is 0 Å². The number of fused-ring (bicyclic) bond motifs is 1. The van der Waals surface area contributed by atoms with Crippen LogP contribution in [0.25, 0.3) is 10.9 Å². The molecule has 2 heterocycles. The van der Waals surface area contributed by atoms with Crippen molar-refractivity contribution in [2.75, 3.05) is 0 Å². The van der Waals surface area contributed by atoms with Crippen molar-refractivity contribution in [3.05, 3.63) is 109 Å². The Hall–Kier alpha value is -2.80. The third-order valence-electron chi connectivity index (χ3n) is 4.63. The molecule has 0 radical (unpaired) electrons. The minimum Gasteiger partial charge on any atom is -0.340 e. The first-order valence-corrected chi connectivity index (χ1v) is 9.96. The number of benzene rings is 2. The number of carbonyl (C=O) groups excluding carboxylic acids is 1. The van der Waals surface area contributed by atoms with E-state index in [9.17, 15) is 9.59 Å². The lowest BCUT2D eigenvalue weighted by Gasteiger charge is -2.13. The van der Waals surface area contributed by atoms with Gasteiger partial charge < -0.3 is 4.57 Å². The highest BCUT2D eigenvalue weighted by molar-refractivity contribution is 14.1. The van der Waals surface area contributed by atoms with Crippen LogP contribution >= 0.6 is 22.6 Å². The molecule has 28 heavy (non-hydrogen) atoms. The van der Waals surface area contributed by atoms with Gasteiger partial charge in [0.25, 0.3) is 0 Å². The molecule has 4 aromatic rings. The van der Waals surface area contributed by atoms with E-state index in [0.29, 0.717) is 17.5 Å². The van der Waals surface area contributed by atoms with E-state index in [0.717, 1.165) is 20.5 Å². The van der Waals surface area contributed by atoms with Crippen LogP contribution in [-0.2, 0) is 6.54 Å². The molecule has 4 nitrogen and oxygen atoms in total. The van der Waals surface area contributed by atoms with Crippen LogP contribution in [0.15, 0.2) is 77.7 Å². The second-order valence-corrected chi connectivity index (χ2v) is 7.76. The first-order chi connectivity index (χ1) is 13.5. The fourth-order valence-electron chi connectivity index (χ4n) is 3.29. The Morgan fingerprint density at radius 1 is 0.964 bits per heavy atom. The molecule has 0 bridgehead atoms. The van der Waals surface area contributed by atoms with Gasteiger partial charge in [-0.3, -0.25) is 14.6 Å². The SMILES string of the molecule is Cc1cccc(Cn2cc(C(=O)c3ccccc3I)c(=O)c3ccccc32)n1. The summed E-state index contributed by atoms with van der Waals surface area (Å²) in [5.41, 5.74) is 3.06. The molecule has 0 amide bonds. The molecule has 0 aliphatic heterocycles. The molecule has 0 N–H and O–H groups in total. The Morgan fingerprint density at radius 2 is 1.71 bits per heavy atom. The number of aromatic nitrogens is 2. The van der Waals surface area contributed by atoms with Crippen LogP contribution in [0.1, 0.15) is 27.3 Å². The van der Waals surface area contributed by atoms with Gasteiger partial charge in [-0.2, -0.15) is 0 Å². The minimum absolute atomic E-state index is 0.176. The fraction of sp³-hybridized carbons (Fsp3) is 0.0870. The molecule has 0 spiro atoms. The second kappa shape index (κ2) is 7.67. The largest absolute Gasteiger partial charge is 0.340 e. The van der Waals surface area contributed by atoms with Crippen molar-refractivity contribution < 1.29 is 4.79 Å². The maximum Gasteiger partial charge on any atom is 0.200 e. The van der Waals surface area contributed by atoms with E-state index < -0.39 is 0 Å². The van der Waals surface area contributed by atoms with Gasteiger partial charge in [0.05, 0.1) is 23.3 Å². The molecule has 138 valence electrons. The fourth-order valence-corrected chi connectivity index (χ4v) is 3.92. The Morgan fingerprint density at radius 3 is 2.50 bits per heavy atom. The number of para-hydroxylation sites is 1. The summed E-state index contributed by atoms with van der Waals surface area (Å²) < 4.78 is 2.76. The Kier molecular flexibility index (Phi) is 5.09. The Bertz CT molecular complexity index is 1260. The summed E-state index contributed by atoms with van der Waals surface area (Å²) in [4.78, 5) is 30.8. The van der Waals surface area contributed by atoms with E-state index in [1.807, 2.05) is 66.1 Å². The number of hydrogen-bond donors (Lipinski definition) is 0. The summed E-state index contributed by atoms with van der Waals surface area (Å²) in [6, 6.07) is 20.5. The van der Waals surface area contributed by atoms with Crippen LogP contribution in [0.2, 0.25) is 0 Å². The van der Waals surface area contributed by atoms with Crippen LogP contribution in [0.3, 0.4) is 0 Å². The van der Waals surface area contributed by atoms with Crippen LogP contribution in [-0.4, -0.2) is 15.3 Å². The van der Waals surface area contributed by atoms with Crippen molar-refractivity contribution in [2.45, 2.75) is 13.5 Å². The van der Waals surface area contributed by atoms with Crippen molar-refractivity contribution in [1.82, 2.24) is 9.55 Å². The van der Waals surface area contributed by atoms with Gasteiger partial charge >= 0.3 is 0 Å². The molecule has 5 heteroatoms. The first kappa shape index (κ1) is 18.6. The van der Waals surface area contributed by atoms with Crippen LogP contribution in [0, 0.1) is 10.5 Å². The summed E-state index contributed by atoms with van der Waals surface area (Å²) >= 11 is 2.12. The quantitative estimate of drug-likeness (QED) is 0.317. The molecule has 4 rings (SSSR count). The van der Waals surface area contributed by atoms with Crippen molar-refractivity contribution in [1.29, 1.82) is 0 Å². The monoisotopic (exact) mass is 480 g/mol. The topological polar surface area (TPSA) is 52.0 Å². The van der Waals surface area contributed by atoms with Crippen molar-refractivity contribution >= 4 is 39.3 Å². The van der Waals surface area contributed by atoms with E-state index in [-0.39, 0.29) is 16.8 Å². The van der Waals surface area contributed by atoms with Gasteiger partial charge in [-0.25, -0.2) is 0 Å². The first-order valence-electron chi connectivity index (χ1n) is 8.88. The van der Waals surface area contributed by atoms with Gasteiger partial charge in [0.15, 0.2) is 5.78 Å². The number of ketones is 1. The van der Waals surface area contributed by atoms with Crippen LogP contribution < -0.4 is 5.43 Å².